The minimum atomic E-state index is 0.161. The summed E-state index contributed by atoms with van der Waals surface area (Å²) < 4.78 is 6.22. The highest BCUT2D eigenvalue weighted by Crippen LogP contribution is 2.26. The number of ether oxygens (including phenoxy) is 1. The Hall–Kier alpha value is -2.82. The molecule has 0 spiro atoms. The maximum absolute atomic E-state index is 11.3. The molecule has 2 aromatic rings. The number of hydrogen-bond donors (Lipinski definition) is 0. The van der Waals surface area contributed by atoms with Gasteiger partial charge in [0, 0.05) is 32.5 Å². The van der Waals surface area contributed by atoms with E-state index in [1.165, 1.54) is 5.56 Å². The summed E-state index contributed by atoms with van der Waals surface area (Å²) in [5.41, 5.74) is 1.18. The number of carbonyl (C=O) groups excluding carboxylic acids is 1. The first-order valence-corrected chi connectivity index (χ1v) is 10.5. The van der Waals surface area contributed by atoms with Crippen molar-refractivity contribution in [3.8, 4) is 5.75 Å². The van der Waals surface area contributed by atoms with Gasteiger partial charge in [0.15, 0.2) is 0 Å². The lowest BCUT2D eigenvalue weighted by Crippen LogP contribution is -2.26. The lowest BCUT2D eigenvalue weighted by Gasteiger charge is -2.22. The zero-order valence-electron chi connectivity index (χ0n) is 17.3. The number of benzene rings is 1. The second kappa shape index (κ2) is 8.68. The first-order valence-electron chi connectivity index (χ1n) is 10.5. The molecule has 2 atom stereocenters. The van der Waals surface area contributed by atoms with Gasteiger partial charge in [0.2, 0.25) is 0 Å². The second-order valence-electron chi connectivity index (χ2n) is 8.08. The molecule has 0 saturated carbocycles. The van der Waals surface area contributed by atoms with E-state index in [0.717, 1.165) is 50.0 Å². The number of nitrogens with zero attached hydrogens (tertiary/aromatic N) is 3. The summed E-state index contributed by atoms with van der Waals surface area (Å²) in [6.07, 6.45) is 6.09. The van der Waals surface area contributed by atoms with Crippen molar-refractivity contribution in [1.29, 1.82) is 0 Å². The number of anilines is 2. The normalized spacial score (nSPS) is 19.6. The molecule has 4 rings (SSSR count). The maximum atomic E-state index is 11.3. The van der Waals surface area contributed by atoms with Crippen LogP contribution in [0, 0.1) is 0 Å². The second-order valence-corrected chi connectivity index (χ2v) is 8.08. The molecule has 1 aromatic carbocycles. The first-order chi connectivity index (χ1) is 14.1. The van der Waals surface area contributed by atoms with Gasteiger partial charge in [-0.25, -0.2) is 4.98 Å². The zero-order valence-corrected chi connectivity index (χ0v) is 17.3. The third kappa shape index (κ3) is 4.78. The molecule has 0 aliphatic carbocycles. The lowest BCUT2D eigenvalue weighted by atomic mass is 9.96. The van der Waals surface area contributed by atoms with Gasteiger partial charge in [0.25, 0.3) is 0 Å². The maximum Gasteiger partial charge on any atom is 0.131 e. The van der Waals surface area contributed by atoms with Crippen molar-refractivity contribution >= 4 is 17.4 Å². The third-order valence-corrected chi connectivity index (χ3v) is 5.68. The summed E-state index contributed by atoms with van der Waals surface area (Å²) in [5.74, 6) is 3.41. The Morgan fingerprint density at radius 2 is 1.79 bits per heavy atom. The Morgan fingerprint density at radius 1 is 1.10 bits per heavy atom. The van der Waals surface area contributed by atoms with Crippen LogP contribution in [-0.2, 0) is 4.79 Å². The summed E-state index contributed by atoms with van der Waals surface area (Å²) in [4.78, 5) is 20.8. The summed E-state index contributed by atoms with van der Waals surface area (Å²) >= 11 is 0. The van der Waals surface area contributed by atoms with Crippen molar-refractivity contribution in [2.75, 3.05) is 36.0 Å². The van der Waals surface area contributed by atoms with E-state index >= 15 is 0 Å². The molecule has 152 valence electrons. The minimum absolute atomic E-state index is 0.161. The molecule has 29 heavy (non-hydrogen) atoms. The molecule has 5 nitrogen and oxygen atoms in total. The Morgan fingerprint density at radius 3 is 2.48 bits per heavy atom. The monoisotopic (exact) mass is 391 g/mol. The van der Waals surface area contributed by atoms with Crippen LogP contribution < -0.4 is 14.5 Å². The van der Waals surface area contributed by atoms with Crippen LogP contribution in [0.5, 0.6) is 5.75 Å². The average molecular weight is 392 g/mol. The van der Waals surface area contributed by atoms with Crippen molar-refractivity contribution in [2.24, 2.45) is 0 Å². The van der Waals surface area contributed by atoms with E-state index in [9.17, 15) is 4.79 Å². The molecule has 1 saturated heterocycles. The molecular weight excluding hydrogens is 362 g/mol. The predicted octanol–water partition coefficient (Wildman–Crippen LogP) is 4.20. The van der Waals surface area contributed by atoms with E-state index in [0.29, 0.717) is 6.42 Å². The van der Waals surface area contributed by atoms with Crippen molar-refractivity contribution in [1.82, 2.24) is 4.98 Å². The van der Waals surface area contributed by atoms with Gasteiger partial charge in [-0.05, 0) is 42.7 Å². The molecule has 3 heterocycles. The molecule has 0 unspecified atom stereocenters. The van der Waals surface area contributed by atoms with Crippen molar-refractivity contribution in [3.05, 3.63) is 60.2 Å². The van der Waals surface area contributed by atoms with Gasteiger partial charge >= 0.3 is 0 Å². The van der Waals surface area contributed by atoms with Crippen LogP contribution in [-0.4, -0.2) is 43.1 Å². The summed E-state index contributed by atoms with van der Waals surface area (Å²) in [6, 6.07) is 14.4. The number of Topliss-reactive ketones (excluding diaryl/α,β-unsaturated/α-hetero) is 1. The zero-order chi connectivity index (χ0) is 20.2. The highest BCUT2D eigenvalue weighted by atomic mass is 16.5. The van der Waals surface area contributed by atoms with E-state index in [1.807, 2.05) is 12.1 Å². The minimum Gasteiger partial charge on any atom is -0.489 e. The summed E-state index contributed by atoms with van der Waals surface area (Å²) in [6.45, 7) is 7.40. The fraction of sp³-hybridized carbons (Fsp3) is 0.417. The summed E-state index contributed by atoms with van der Waals surface area (Å²) in [5, 5.41) is 0. The Kier molecular flexibility index (Phi) is 5.84. The van der Waals surface area contributed by atoms with Crippen molar-refractivity contribution < 1.29 is 9.53 Å². The average Bonchev–Trinajstić information content (AvgIpc) is 3.40. The standard InChI is InChI=1S/C24H29N3O2/c1-18(16-19(2)28)20-8-10-21(11-9-20)29-22-12-15-27(17-22)24-7-5-6-23(25-24)26-13-3-4-14-26/h3-11,18,22H,12-17H2,1-2H3/t18-,22-/m1/s1. The number of ketones is 1. The van der Waals surface area contributed by atoms with Gasteiger partial charge in [-0.3, -0.25) is 0 Å². The predicted molar refractivity (Wildman–Crippen MR) is 117 cm³/mol. The van der Waals surface area contributed by atoms with E-state index in [1.54, 1.807) is 6.92 Å². The van der Waals surface area contributed by atoms with Crippen LogP contribution in [0.1, 0.15) is 38.2 Å². The van der Waals surface area contributed by atoms with Gasteiger partial charge in [-0.15, -0.1) is 0 Å². The van der Waals surface area contributed by atoms with Gasteiger partial charge in [0.05, 0.1) is 6.54 Å². The quantitative estimate of drug-likeness (QED) is 0.662. The molecule has 2 aliphatic heterocycles. The van der Waals surface area contributed by atoms with Crippen molar-refractivity contribution in [3.63, 3.8) is 0 Å². The van der Waals surface area contributed by atoms with E-state index in [-0.39, 0.29) is 17.8 Å². The highest BCUT2D eigenvalue weighted by Gasteiger charge is 2.25. The Bertz CT molecular complexity index is 870. The largest absolute Gasteiger partial charge is 0.489 e. The number of rotatable bonds is 7. The molecule has 1 fully saturated rings. The van der Waals surface area contributed by atoms with Crippen LogP contribution in [0.3, 0.4) is 0 Å². The van der Waals surface area contributed by atoms with Gasteiger partial charge in [-0.1, -0.05) is 37.3 Å². The molecule has 0 N–H and O–H groups in total. The molecule has 0 bridgehead atoms. The molecular formula is C24H29N3O2. The topological polar surface area (TPSA) is 45.7 Å². The van der Waals surface area contributed by atoms with Gasteiger partial charge in [-0.2, -0.15) is 0 Å². The molecule has 1 aromatic heterocycles. The van der Waals surface area contributed by atoms with Crippen LogP contribution in [0.2, 0.25) is 0 Å². The van der Waals surface area contributed by atoms with Gasteiger partial charge < -0.3 is 19.3 Å². The van der Waals surface area contributed by atoms with Crippen LogP contribution >= 0.6 is 0 Å². The lowest BCUT2D eigenvalue weighted by molar-refractivity contribution is -0.117. The molecule has 0 amide bonds. The van der Waals surface area contributed by atoms with E-state index < -0.39 is 0 Å². The number of aromatic nitrogens is 1. The van der Waals surface area contributed by atoms with Crippen LogP contribution in [0.15, 0.2) is 54.6 Å². The number of pyridine rings is 1. The van der Waals surface area contributed by atoms with E-state index in [2.05, 4.69) is 59.2 Å². The molecule has 0 radical (unpaired) electrons. The van der Waals surface area contributed by atoms with Crippen LogP contribution in [0.4, 0.5) is 11.6 Å². The molecule has 2 aliphatic rings. The van der Waals surface area contributed by atoms with E-state index in [4.69, 9.17) is 9.72 Å². The SMILES string of the molecule is CC(=O)C[C@@H](C)c1ccc(O[C@@H]2CCN(c3cccc(N4CC=CC4)n3)C2)cc1. The Balaban J connectivity index is 1.34. The first kappa shape index (κ1) is 19.5. The number of carbonyl (C=O) groups is 1. The van der Waals surface area contributed by atoms with Crippen LogP contribution in [0.25, 0.3) is 0 Å². The highest BCUT2D eigenvalue weighted by molar-refractivity contribution is 5.76. The fourth-order valence-electron chi connectivity index (χ4n) is 4.08. The fourth-order valence-corrected chi connectivity index (χ4v) is 4.08. The van der Waals surface area contributed by atoms with Crippen molar-refractivity contribution in [2.45, 2.75) is 38.7 Å². The van der Waals surface area contributed by atoms with Gasteiger partial charge in [0.1, 0.15) is 29.3 Å². The molecule has 5 heteroatoms. The smallest absolute Gasteiger partial charge is 0.131 e. The number of hydrogen-bond acceptors (Lipinski definition) is 5. The summed E-state index contributed by atoms with van der Waals surface area (Å²) in [7, 11) is 0. The third-order valence-electron chi connectivity index (χ3n) is 5.68. The Labute approximate surface area is 173 Å².